The minimum Gasteiger partial charge on any atom is -0.394 e. The van der Waals surface area contributed by atoms with Gasteiger partial charge in [0.1, 0.15) is 18.3 Å². The van der Waals surface area contributed by atoms with E-state index in [9.17, 15) is 0 Å². The predicted octanol–water partition coefficient (Wildman–Crippen LogP) is -2.48. The first kappa shape index (κ1) is 18.4. The summed E-state index contributed by atoms with van der Waals surface area (Å²) in [5.41, 5.74) is 0. The maximum atomic E-state index is 9.03. The van der Waals surface area contributed by atoms with Crippen molar-refractivity contribution >= 4 is 24.9 Å². The van der Waals surface area contributed by atoms with Gasteiger partial charge in [-0.2, -0.15) is 0 Å². The van der Waals surface area contributed by atoms with E-state index in [1.165, 1.54) is 6.92 Å². The fourth-order valence-corrected chi connectivity index (χ4v) is 0.698. The molecule has 0 aliphatic rings. The third-order valence-corrected chi connectivity index (χ3v) is 1.56. The fraction of sp³-hybridized carbons (Fsp3) is 0.833. The summed E-state index contributed by atoms with van der Waals surface area (Å²) in [5.74, 6) is 0. The van der Waals surface area contributed by atoms with Crippen LogP contribution in [0.3, 0.4) is 0 Å². The number of thiocarbonyl (C=S) groups is 1. The van der Waals surface area contributed by atoms with Gasteiger partial charge in [0.25, 0.3) is 0 Å². The lowest BCUT2D eigenvalue weighted by atomic mass is 10.1. The van der Waals surface area contributed by atoms with E-state index in [4.69, 9.17) is 39.7 Å². The second kappa shape index (κ2) is 8.18. The van der Waals surface area contributed by atoms with Gasteiger partial charge in [0.2, 0.25) is 0 Å². The van der Waals surface area contributed by atoms with Crippen LogP contribution in [0.1, 0.15) is 6.92 Å². The predicted molar refractivity (Wildman–Crippen MR) is 57.6 cm³/mol. The lowest BCUT2D eigenvalue weighted by Crippen LogP contribution is -2.42. The highest BCUT2D eigenvalue weighted by molar-refractivity contribution is 7.80. The van der Waals surface area contributed by atoms with Gasteiger partial charge in [-0.05, 0) is 6.92 Å². The Morgan fingerprint density at radius 3 is 1.75 bits per heavy atom. The third kappa shape index (κ3) is 12.1. The van der Waals surface area contributed by atoms with Gasteiger partial charge in [-0.1, -0.05) is 12.2 Å². The van der Waals surface area contributed by atoms with Gasteiger partial charge in [-0.3, -0.25) is 0 Å². The summed E-state index contributed by atoms with van der Waals surface area (Å²) in [6.07, 6.45) is -4.01. The van der Waals surface area contributed by atoms with E-state index in [-0.39, 0.29) is 4.86 Å². The van der Waals surface area contributed by atoms with Crippen LogP contribution in [0, 0.1) is 0 Å². The average molecular weight is 278 g/mol. The molecule has 7 N–H and O–H groups in total. The molecule has 8 nitrogen and oxygen atoms in total. The zero-order valence-corrected chi connectivity index (χ0v) is 10.0. The molecule has 0 bridgehead atoms. The summed E-state index contributed by atoms with van der Waals surface area (Å²) in [5, 5.41) is 35.2. The van der Waals surface area contributed by atoms with Crippen molar-refractivity contribution in [3.63, 3.8) is 0 Å². The van der Waals surface area contributed by atoms with Crippen LogP contribution in [-0.4, -0.2) is 64.9 Å². The van der Waals surface area contributed by atoms with Crippen molar-refractivity contribution in [3.05, 3.63) is 0 Å². The summed E-state index contributed by atoms with van der Waals surface area (Å²) in [4.78, 5) is 21.7. The molecular formula is C6H15O8PS. The van der Waals surface area contributed by atoms with E-state index < -0.39 is 32.7 Å². The summed E-state index contributed by atoms with van der Waals surface area (Å²) in [7, 11) is -4.64. The summed E-state index contributed by atoms with van der Waals surface area (Å²) < 4.78 is 8.88. The molecule has 0 amide bonds. The first-order chi connectivity index (χ1) is 7.00. The minimum absolute atomic E-state index is 0.185. The Morgan fingerprint density at radius 1 is 1.25 bits per heavy atom. The molecule has 0 spiro atoms. The van der Waals surface area contributed by atoms with Gasteiger partial charge in [0.05, 0.1) is 6.61 Å². The van der Waals surface area contributed by atoms with Crippen molar-refractivity contribution < 1.29 is 39.7 Å². The molecule has 0 saturated carbocycles. The number of rotatable bonds is 4. The highest BCUT2D eigenvalue weighted by Gasteiger charge is 2.24. The third-order valence-electron chi connectivity index (χ3n) is 1.32. The Labute approximate surface area is 97.0 Å². The van der Waals surface area contributed by atoms with E-state index in [2.05, 4.69) is 12.2 Å². The highest BCUT2D eigenvalue weighted by atomic mass is 32.1. The van der Waals surface area contributed by atoms with Gasteiger partial charge in [0, 0.05) is 4.86 Å². The molecule has 16 heavy (non-hydrogen) atoms. The van der Waals surface area contributed by atoms with Crippen LogP contribution in [-0.2, 0) is 4.57 Å². The summed E-state index contributed by atoms with van der Waals surface area (Å²) in [6.45, 7) is 0.855. The van der Waals surface area contributed by atoms with E-state index in [0.29, 0.717) is 0 Å². The van der Waals surface area contributed by atoms with Crippen molar-refractivity contribution in [2.75, 3.05) is 6.61 Å². The lowest BCUT2D eigenvalue weighted by molar-refractivity contribution is -0.0549. The van der Waals surface area contributed by atoms with Gasteiger partial charge in [-0.15, -0.1) is 0 Å². The largest absolute Gasteiger partial charge is 0.466 e. The SMILES string of the molecule is CC(=S)[C@H](O)[C@H](O)[C@H](O)CO.O=P(O)(O)O. The lowest BCUT2D eigenvalue weighted by Gasteiger charge is -2.20. The maximum absolute atomic E-state index is 9.03. The van der Waals surface area contributed by atoms with Crippen molar-refractivity contribution in [2.45, 2.75) is 25.2 Å². The highest BCUT2D eigenvalue weighted by Crippen LogP contribution is 2.25. The van der Waals surface area contributed by atoms with E-state index in [0.717, 1.165) is 0 Å². The van der Waals surface area contributed by atoms with Crippen LogP contribution in [0.5, 0.6) is 0 Å². The zero-order chi connectivity index (χ0) is 13.5. The average Bonchev–Trinajstić information content (AvgIpc) is 2.11. The van der Waals surface area contributed by atoms with Crippen molar-refractivity contribution in [1.82, 2.24) is 0 Å². The van der Waals surface area contributed by atoms with Crippen molar-refractivity contribution in [2.24, 2.45) is 0 Å². The van der Waals surface area contributed by atoms with Crippen LogP contribution >= 0.6 is 20.0 Å². The number of phosphoric acid groups is 1. The Morgan fingerprint density at radius 2 is 1.56 bits per heavy atom. The molecule has 3 atom stereocenters. The molecule has 0 unspecified atom stereocenters. The second-order valence-electron chi connectivity index (χ2n) is 2.81. The Bertz CT molecular complexity index is 245. The van der Waals surface area contributed by atoms with Gasteiger partial charge < -0.3 is 35.1 Å². The smallest absolute Gasteiger partial charge is 0.394 e. The molecule has 98 valence electrons. The topological polar surface area (TPSA) is 159 Å². The summed E-state index contributed by atoms with van der Waals surface area (Å²) >= 11 is 4.56. The molecule has 10 heteroatoms. The van der Waals surface area contributed by atoms with Crippen LogP contribution in [0.2, 0.25) is 0 Å². The second-order valence-corrected chi connectivity index (χ2v) is 4.48. The normalized spacial score (nSPS) is 16.8. The van der Waals surface area contributed by atoms with Crippen molar-refractivity contribution in [3.8, 4) is 0 Å². The first-order valence-corrected chi connectivity index (χ1v) is 5.91. The van der Waals surface area contributed by atoms with Gasteiger partial charge in [0.15, 0.2) is 0 Å². The molecule has 0 aliphatic carbocycles. The molecule has 0 fully saturated rings. The Balaban J connectivity index is 0. The van der Waals surface area contributed by atoms with E-state index in [1.807, 2.05) is 0 Å². The molecule has 0 aromatic rings. The fourth-order valence-electron chi connectivity index (χ4n) is 0.559. The number of hydrogen-bond acceptors (Lipinski definition) is 6. The maximum Gasteiger partial charge on any atom is 0.466 e. The monoisotopic (exact) mass is 278 g/mol. The molecule has 0 aromatic heterocycles. The molecule has 0 aliphatic heterocycles. The first-order valence-electron chi connectivity index (χ1n) is 3.94. The van der Waals surface area contributed by atoms with Crippen LogP contribution in [0.15, 0.2) is 0 Å². The molecule has 0 aromatic carbocycles. The van der Waals surface area contributed by atoms with Gasteiger partial charge >= 0.3 is 7.82 Å². The Kier molecular flexibility index (Phi) is 9.41. The molecular weight excluding hydrogens is 263 g/mol. The number of hydrogen-bond donors (Lipinski definition) is 7. The Hall–Kier alpha value is 0.0400. The number of aliphatic hydroxyl groups excluding tert-OH is 4. The number of aliphatic hydroxyl groups is 4. The quantitative estimate of drug-likeness (QED) is 0.218. The molecule has 0 saturated heterocycles. The van der Waals surface area contributed by atoms with E-state index >= 15 is 0 Å². The van der Waals surface area contributed by atoms with Crippen LogP contribution in [0.4, 0.5) is 0 Å². The standard InChI is InChI=1S/C6H12O4S.H3O4P/c1-3(11)5(9)6(10)4(8)2-7;1-5(2,3)4/h4-10H,2H2,1H3;(H3,1,2,3,4)/t4-,5+,6-;/m1./s1. The summed E-state index contributed by atoms with van der Waals surface area (Å²) in [6, 6.07) is 0. The minimum atomic E-state index is -4.64. The molecule has 0 heterocycles. The molecule has 0 rings (SSSR count). The van der Waals surface area contributed by atoms with Crippen LogP contribution in [0.25, 0.3) is 0 Å². The van der Waals surface area contributed by atoms with Gasteiger partial charge in [-0.25, -0.2) is 4.57 Å². The van der Waals surface area contributed by atoms with E-state index in [1.54, 1.807) is 0 Å². The van der Waals surface area contributed by atoms with Crippen LogP contribution < -0.4 is 0 Å². The zero-order valence-electron chi connectivity index (χ0n) is 8.33. The molecule has 0 radical (unpaired) electrons. The van der Waals surface area contributed by atoms with Crippen molar-refractivity contribution in [1.29, 1.82) is 0 Å².